The van der Waals surface area contributed by atoms with E-state index in [0.29, 0.717) is 22.4 Å². The van der Waals surface area contributed by atoms with E-state index in [9.17, 15) is 4.79 Å². The molecule has 170 valence electrons. The van der Waals surface area contributed by atoms with Crippen LogP contribution in [0.15, 0.2) is 91.0 Å². The molecule has 0 aliphatic rings. The fraction of sp³-hybridized carbons (Fsp3) is 0.0400. The van der Waals surface area contributed by atoms with Crippen molar-refractivity contribution < 1.29 is 9.53 Å². The van der Waals surface area contributed by atoms with E-state index < -0.39 is 6.03 Å². The average molecular weight is 471 g/mol. The number of hydrogen-bond donors (Lipinski definition) is 4. The summed E-state index contributed by atoms with van der Waals surface area (Å²) >= 11 is 5.46. The minimum Gasteiger partial charge on any atom is -0.489 e. The van der Waals surface area contributed by atoms with Crippen molar-refractivity contribution in [2.45, 2.75) is 6.61 Å². The summed E-state index contributed by atoms with van der Waals surface area (Å²) in [7, 11) is 0. The molecule has 8 nitrogen and oxygen atoms in total. The fourth-order valence-electron chi connectivity index (χ4n) is 3.17. The minimum absolute atomic E-state index is 0.289. The van der Waals surface area contributed by atoms with Gasteiger partial charge in [-0.25, -0.2) is 4.79 Å². The van der Waals surface area contributed by atoms with Crippen LogP contribution in [0.3, 0.4) is 0 Å². The van der Waals surface area contributed by atoms with Gasteiger partial charge in [0.05, 0.1) is 5.69 Å². The van der Waals surface area contributed by atoms with Crippen LogP contribution in [-0.4, -0.2) is 21.3 Å². The van der Waals surface area contributed by atoms with Crippen molar-refractivity contribution in [3.63, 3.8) is 0 Å². The van der Waals surface area contributed by atoms with Gasteiger partial charge in [-0.15, -0.1) is 10.2 Å². The summed E-state index contributed by atoms with van der Waals surface area (Å²) in [6.45, 7) is 0.289. The third kappa shape index (κ3) is 6.27. The van der Waals surface area contributed by atoms with E-state index >= 15 is 0 Å². The number of primary amides is 1. The highest BCUT2D eigenvalue weighted by molar-refractivity contribution is 7.80. The number of aromatic nitrogens is 2. The van der Waals surface area contributed by atoms with Gasteiger partial charge >= 0.3 is 6.03 Å². The molecule has 0 atom stereocenters. The topological polar surface area (TPSA) is 114 Å². The highest BCUT2D eigenvalue weighted by Crippen LogP contribution is 2.22. The molecule has 0 unspecified atom stereocenters. The highest BCUT2D eigenvalue weighted by Gasteiger charge is 2.08. The van der Waals surface area contributed by atoms with Crippen LogP contribution in [-0.2, 0) is 6.61 Å². The van der Waals surface area contributed by atoms with E-state index in [0.717, 1.165) is 22.5 Å². The third-order valence-corrected chi connectivity index (χ3v) is 4.94. The first-order valence-corrected chi connectivity index (χ1v) is 10.8. The summed E-state index contributed by atoms with van der Waals surface area (Å²) in [4.78, 5) is 11.1. The van der Waals surface area contributed by atoms with Gasteiger partial charge in [0.1, 0.15) is 12.4 Å². The van der Waals surface area contributed by atoms with Gasteiger partial charge in [-0.1, -0.05) is 54.6 Å². The second kappa shape index (κ2) is 10.9. The van der Waals surface area contributed by atoms with Gasteiger partial charge in [0.15, 0.2) is 10.9 Å². The molecule has 1 aromatic heterocycles. The van der Waals surface area contributed by atoms with Crippen LogP contribution < -0.4 is 26.4 Å². The Morgan fingerprint density at radius 3 is 2.41 bits per heavy atom. The first kappa shape index (κ1) is 22.7. The van der Waals surface area contributed by atoms with Gasteiger partial charge in [-0.3, -0.25) is 0 Å². The Bertz CT molecular complexity index is 1280. The van der Waals surface area contributed by atoms with Crippen molar-refractivity contribution in [2.24, 2.45) is 5.73 Å². The summed E-state index contributed by atoms with van der Waals surface area (Å²) in [6.07, 6.45) is 0. The zero-order valence-corrected chi connectivity index (χ0v) is 18.9. The number of urea groups is 1. The molecule has 0 fully saturated rings. The van der Waals surface area contributed by atoms with Gasteiger partial charge in [0, 0.05) is 28.6 Å². The second-order valence-electron chi connectivity index (χ2n) is 7.21. The molecule has 0 saturated heterocycles. The van der Waals surface area contributed by atoms with Gasteiger partial charge in [0.2, 0.25) is 0 Å². The zero-order chi connectivity index (χ0) is 23.8. The molecule has 0 spiro atoms. The number of thiocarbonyl (C=S) groups is 1. The molecule has 5 N–H and O–H groups in total. The van der Waals surface area contributed by atoms with E-state index in [1.54, 1.807) is 24.3 Å². The Morgan fingerprint density at radius 2 is 1.65 bits per heavy atom. The summed E-state index contributed by atoms with van der Waals surface area (Å²) in [6, 6.07) is 27.6. The molecule has 4 aromatic rings. The van der Waals surface area contributed by atoms with E-state index in [-0.39, 0.29) is 6.61 Å². The first-order chi connectivity index (χ1) is 16.6. The van der Waals surface area contributed by atoms with Gasteiger partial charge in [0.25, 0.3) is 0 Å². The van der Waals surface area contributed by atoms with E-state index in [1.807, 2.05) is 66.7 Å². The van der Waals surface area contributed by atoms with Crippen LogP contribution in [0.2, 0.25) is 0 Å². The van der Waals surface area contributed by atoms with Crippen LogP contribution in [0.5, 0.6) is 5.75 Å². The van der Waals surface area contributed by atoms with Crippen molar-refractivity contribution in [1.29, 1.82) is 0 Å². The lowest BCUT2D eigenvalue weighted by Crippen LogP contribution is -2.21. The molecule has 4 rings (SSSR count). The van der Waals surface area contributed by atoms with Gasteiger partial charge < -0.3 is 26.4 Å². The lowest BCUT2D eigenvalue weighted by molar-refractivity contribution is 0.259. The molecule has 3 aromatic carbocycles. The normalized spacial score (nSPS) is 10.2. The van der Waals surface area contributed by atoms with Crippen molar-refractivity contribution >= 4 is 40.6 Å². The predicted octanol–water partition coefficient (Wildman–Crippen LogP) is 5.02. The molecule has 0 bridgehead atoms. The number of benzene rings is 3. The Labute approximate surface area is 202 Å². The molecular formula is C25H22N6O2S. The summed E-state index contributed by atoms with van der Waals surface area (Å²) < 4.78 is 5.89. The zero-order valence-electron chi connectivity index (χ0n) is 18.1. The number of anilines is 3. The van der Waals surface area contributed by atoms with Crippen LogP contribution in [0, 0.1) is 0 Å². The van der Waals surface area contributed by atoms with Crippen molar-refractivity contribution in [2.75, 3.05) is 16.0 Å². The predicted molar refractivity (Wildman–Crippen MR) is 138 cm³/mol. The van der Waals surface area contributed by atoms with Crippen molar-refractivity contribution in [3.8, 4) is 17.0 Å². The SMILES string of the molecule is NC(=O)Nc1cccc(OCc2ccccc2NC(=S)Nc2ccc(-c3ccccc3)nn2)c1. The quantitative estimate of drug-likeness (QED) is 0.280. The largest absolute Gasteiger partial charge is 0.489 e. The van der Waals surface area contributed by atoms with Crippen molar-refractivity contribution in [1.82, 2.24) is 10.2 Å². The number of hydrogen-bond acceptors (Lipinski definition) is 5. The van der Waals surface area contributed by atoms with E-state index in [4.69, 9.17) is 22.7 Å². The lowest BCUT2D eigenvalue weighted by atomic mass is 10.1. The number of carbonyl (C=O) groups is 1. The molecule has 1 heterocycles. The van der Waals surface area contributed by atoms with Gasteiger partial charge in [-0.05, 0) is 42.5 Å². The van der Waals surface area contributed by atoms with Crippen LogP contribution in [0.25, 0.3) is 11.3 Å². The number of nitrogens with one attached hydrogen (secondary N) is 3. The first-order valence-electron chi connectivity index (χ1n) is 10.4. The molecule has 0 aliphatic carbocycles. The molecule has 2 amide bonds. The summed E-state index contributed by atoms with van der Waals surface area (Å²) in [5.74, 6) is 1.13. The number of para-hydroxylation sites is 1. The van der Waals surface area contributed by atoms with Crippen molar-refractivity contribution in [3.05, 3.63) is 96.6 Å². The maximum absolute atomic E-state index is 11.1. The smallest absolute Gasteiger partial charge is 0.316 e. The Morgan fingerprint density at radius 1 is 0.853 bits per heavy atom. The van der Waals surface area contributed by atoms with E-state index in [2.05, 4.69) is 26.1 Å². The minimum atomic E-state index is -0.632. The summed E-state index contributed by atoms with van der Waals surface area (Å²) in [5, 5.41) is 17.6. The molecular weight excluding hydrogens is 448 g/mol. The second-order valence-corrected chi connectivity index (χ2v) is 7.62. The summed E-state index contributed by atoms with van der Waals surface area (Å²) in [5.41, 5.74) is 9.18. The molecule has 0 aliphatic heterocycles. The number of amides is 2. The third-order valence-electron chi connectivity index (χ3n) is 4.74. The monoisotopic (exact) mass is 470 g/mol. The van der Waals surface area contributed by atoms with Crippen LogP contribution in [0.1, 0.15) is 5.56 Å². The Balaban J connectivity index is 1.37. The average Bonchev–Trinajstić information content (AvgIpc) is 2.84. The molecule has 34 heavy (non-hydrogen) atoms. The number of rotatable bonds is 7. The van der Waals surface area contributed by atoms with E-state index in [1.165, 1.54) is 0 Å². The number of carbonyl (C=O) groups excluding carboxylic acids is 1. The number of nitrogens with two attached hydrogens (primary N) is 1. The fourth-order valence-corrected chi connectivity index (χ4v) is 3.38. The lowest BCUT2D eigenvalue weighted by Gasteiger charge is -2.15. The Kier molecular flexibility index (Phi) is 7.26. The van der Waals surface area contributed by atoms with Gasteiger partial charge in [-0.2, -0.15) is 0 Å². The maximum Gasteiger partial charge on any atom is 0.316 e. The van der Waals surface area contributed by atoms with Crippen LogP contribution in [0.4, 0.5) is 22.0 Å². The molecule has 9 heteroatoms. The standard InChI is InChI=1S/C25H22N6O2S/c26-24(32)27-19-10-6-11-20(15-19)33-16-18-9-4-5-12-21(18)28-25(34)29-23-14-13-22(30-31-23)17-7-2-1-3-8-17/h1-15H,16H2,(H3,26,27,32)(H2,28,29,31,34). The molecule has 0 radical (unpaired) electrons. The Hall–Kier alpha value is -4.50. The highest BCUT2D eigenvalue weighted by atomic mass is 32.1. The van der Waals surface area contributed by atoms with Crippen LogP contribution >= 0.6 is 12.2 Å². The number of nitrogens with zero attached hydrogens (tertiary/aromatic N) is 2. The number of ether oxygens (including phenoxy) is 1. The molecule has 0 saturated carbocycles. The maximum atomic E-state index is 11.1.